The Labute approximate surface area is 197 Å². The van der Waals surface area contributed by atoms with Crippen molar-refractivity contribution in [3.8, 4) is 22.8 Å². The van der Waals surface area contributed by atoms with Crippen molar-refractivity contribution in [2.24, 2.45) is 0 Å². The molecule has 0 fully saturated rings. The molecule has 1 aromatic heterocycles. The molecule has 0 aliphatic heterocycles. The Morgan fingerprint density at radius 2 is 1.72 bits per heavy atom. The molecule has 0 atom stereocenters. The van der Waals surface area contributed by atoms with Crippen LogP contribution in [0.1, 0.15) is 10.4 Å². The van der Waals surface area contributed by atoms with Crippen LogP contribution in [0, 0.1) is 0 Å². The predicted molar refractivity (Wildman–Crippen MR) is 127 cm³/mol. The van der Waals surface area contributed by atoms with Gasteiger partial charge in [-0.2, -0.15) is 0 Å². The van der Waals surface area contributed by atoms with Gasteiger partial charge >= 0.3 is 5.97 Å². The van der Waals surface area contributed by atoms with Crippen molar-refractivity contribution in [1.82, 2.24) is 4.98 Å². The second kappa shape index (κ2) is 10.2. The maximum Gasteiger partial charge on any atom is 0.338 e. The smallest absolute Gasteiger partial charge is 0.338 e. The minimum absolute atomic E-state index is 0.289. The number of rotatable bonds is 7. The Morgan fingerprint density at radius 3 is 2.53 bits per heavy atom. The van der Waals surface area contributed by atoms with Crippen LogP contribution in [-0.2, 0) is 9.53 Å². The average molecular weight is 509 g/mol. The lowest BCUT2D eigenvalue weighted by molar-refractivity contribution is -0.119. The van der Waals surface area contributed by atoms with Crippen LogP contribution in [-0.4, -0.2) is 23.5 Å². The number of nitrogens with one attached hydrogen (secondary N) is 1. The molecule has 1 amide bonds. The molecule has 4 rings (SSSR count). The van der Waals surface area contributed by atoms with E-state index in [-0.39, 0.29) is 5.56 Å². The molecule has 8 heteroatoms. The number of amides is 1. The summed E-state index contributed by atoms with van der Waals surface area (Å²) >= 11 is 4.73. The molecule has 160 valence electrons. The normalized spacial score (nSPS) is 10.4. The number of anilines is 1. The van der Waals surface area contributed by atoms with Crippen molar-refractivity contribution in [2.75, 3.05) is 11.9 Å². The van der Waals surface area contributed by atoms with Gasteiger partial charge in [0.15, 0.2) is 11.7 Å². The Bertz CT molecular complexity index is 1240. The fraction of sp³-hybridized carbons (Fsp3) is 0.0417. The number of benzene rings is 3. The van der Waals surface area contributed by atoms with Crippen LogP contribution in [0.25, 0.3) is 11.3 Å². The van der Waals surface area contributed by atoms with Crippen molar-refractivity contribution in [3.05, 3.63) is 94.3 Å². The standard InChI is InChI=1S/C24H17BrN2O4S/c25-18-8-4-6-16(12-18)21-15-32-24(26-21)27-22(28)14-30-23(29)17-7-5-11-20(13-17)31-19-9-2-1-3-10-19/h1-13,15H,14H2,(H,26,27,28). The highest BCUT2D eigenvalue weighted by molar-refractivity contribution is 9.10. The fourth-order valence-electron chi connectivity index (χ4n) is 2.79. The van der Waals surface area contributed by atoms with E-state index in [2.05, 4.69) is 26.2 Å². The SMILES string of the molecule is O=C(COC(=O)c1cccc(Oc2ccccc2)c1)Nc1nc(-c2cccc(Br)c2)cs1. The summed E-state index contributed by atoms with van der Waals surface area (Å²) in [5.74, 6) is 0.0684. The molecule has 3 aromatic carbocycles. The van der Waals surface area contributed by atoms with Crippen LogP contribution in [0.3, 0.4) is 0 Å². The summed E-state index contributed by atoms with van der Waals surface area (Å²) in [6, 6.07) is 23.5. The molecule has 32 heavy (non-hydrogen) atoms. The van der Waals surface area contributed by atoms with E-state index in [0.717, 1.165) is 15.7 Å². The lowest BCUT2D eigenvalue weighted by Gasteiger charge is -2.08. The second-order valence-corrected chi connectivity index (χ2v) is 8.39. The van der Waals surface area contributed by atoms with E-state index in [1.165, 1.54) is 11.3 Å². The number of carbonyl (C=O) groups excluding carboxylic acids is 2. The number of hydrogen-bond acceptors (Lipinski definition) is 6. The van der Waals surface area contributed by atoms with Gasteiger partial charge in [0, 0.05) is 15.4 Å². The summed E-state index contributed by atoms with van der Waals surface area (Å²) in [5.41, 5.74) is 1.97. The summed E-state index contributed by atoms with van der Waals surface area (Å²) in [7, 11) is 0. The first-order valence-electron chi connectivity index (χ1n) is 9.58. The summed E-state index contributed by atoms with van der Waals surface area (Å²) in [6.07, 6.45) is 0. The van der Waals surface area contributed by atoms with Crippen LogP contribution in [0.4, 0.5) is 5.13 Å². The quantitative estimate of drug-likeness (QED) is 0.302. The van der Waals surface area contributed by atoms with Gasteiger partial charge in [-0.25, -0.2) is 9.78 Å². The second-order valence-electron chi connectivity index (χ2n) is 6.62. The number of carbonyl (C=O) groups is 2. The first-order chi connectivity index (χ1) is 15.6. The van der Waals surface area contributed by atoms with Crippen LogP contribution in [0.5, 0.6) is 11.5 Å². The van der Waals surface area contributed by atoms with Crippen molar-refractivity contribution in [2.45, 2.75) is 0 Å². The summed E-state index contributed by atoms with van der Waals surface area (Å²) < 4.78 is 11.8. The molecule has 0 spiro atoms. The van der Waals surface area contributed by atoms with E-state index >= 15 is 0 Å². The van der Waals surface area contributed by atoms with Gasteiger partial charge < -0.3 is 9.47 Å². The molecule has 0 saturated heterocycles. The van der Waals surface area contributed by atoms with Gasteiger partial charge in [0.2, 0.25) is 0 Å². The van der Waals surface area contributed by atoms with Crippen molar-refractivity contribution in [3.63, 3.8) is 0 Å². The van der Waals surface area contributed by atoms with E-state index < -0.39 is 18.5 Å². The Hall–Kier alpha value is -3.49. The van der Waals surface area contributed by atoms with Gasteiger partial charge in [-0.1, -0.05) is 52.3 Å². The zero-order valence-corrected chi connectivity index (χ0v) is 19.1. The molecule has 0 saturated carbocycles. The minimum atomic E-state index is -0.618. The van der Waals surface area contributed by atoms with Crippen molar-refractivity contribution >= 4 is 44.3 Å². The zero-order valence-electron chi connectivity index (χ0n) is 16.7. The van der Waals surface area contributed by atoms with E-state index in [4.69, 9.17) is 9.47 Å². The summed E-state index contributed by atoms with van der Waals surface area (Å²) in [5, 5.41) is 4.93. The highest BCUT2D eigenvalue weighted by Gasteiger charge is 2.13. The van der Waals surface area contributed by atoms with Crippen LogP contribution >= 0.6 is 27.3 Å². The number of para-hydroxylation sites is 1. The van der Waals surface area contributed by atoms with Gasteiger partial charge in [0.25, 0.3) is 5.91 Å². The van der Waals surface area contributed by atoms with Crippen molar-refractivity contribution < 1.29 is 19.1 Å². The van der Waals surface area contributed by atoms with E-state index in [1.54, 1.807) is 24.3 Å². The topological polar surface area (TPSA) is 77.5 Å². The van der Waals surface area contributed by atoms with Gasteiger partial charge in [0.05, 0.1) is 11.3 Å². The predicted octanol–water partition coefficient (Wildman–Crippen LogP) is 6.16. The lowest BCUT2D eigenvalue weighted by Crippen LogP contribution is -2.20. The number of aromatic nitrogens is 1. The number of halogens is 1. The number of thiazole rings is 1. The molecule has 0 radical (unpaired) electrons. The zero-order chi connectivity index (χ0) is 22.3. The molecule has 0 unspecified atom stereocenters. The van der Waals surface area contributed by atoms with Crippen LogP contribution < -0.4 is 10.1 Å². The third-order valence-electron chi connectivity index (χ3n) is 4.25. The highest BCUT2D eigenvalue weighted by Crippen LogP contribution is 2.27. The van der Waals surface area contributed by atoms with Gasteiger partial charge in [-0.05, 0) is 42.5 Å². The molecule has 0 aliphatic rings. The van der Waals surface area contributed by atoms with Crippen molar-refractivity contribution in [1.29, 1.82) is 0 Å². The first kappa shape index (κ1) is 21.7. The number of nitrogens with zero attached hydrogens (tertiary/aromatic N) is 1. The Morgan fingerprint density at radius 1 is 0.938 bits per heavy atom. The van der Waals surface area contributed by atoms with Gasteiger partial charge in [-0.3, -0.25) is 10.1 Å². The van der Waals surface area contributed by atoms with Gasteiger partial charge in [0.1, 0.15) is 11.5 Å². The summed E-state index contributed by atoms with van der Waals surface area (Å²) in [4.78, 5) is 29.0. The third kappa shape index (κ3) is 5.81. The Balaban J connectivity index is 1.31. The molecular weight excluding hydrogens is 492 g/mol. The first-order valence-corrected chi connectivity index (χ1v) is 11.3. The molecule has 6 nitrogen and oxygen atoms in total. The fourth-order valence-corrected chi connectivity index (χ4v) is 3.93. The molecule has 1 heterocycles. The van der Waals surface area contributed by atoms with E-state index in [1.807, 2.05) is 60.0 Å². The Kier molecular flexibility index (Phi) is 6.94. The number of ether oxygens (including phenoxy) is 2. The highest BCUT2D eigenvalue weighted by atomic mass is 79.9. The minimum Gasteiger partial charge on any atom is -0.457 e. The maximum absolute atomic E-state index is 12.4. The molecule has 1 N–H and O–H groups in total. The monoisotopic (exact) mass is 508 g/mol. The number of hydrogen-bond donors (Lipinski definition) is 1. The lowest BCUT2D eigenvalue weighted by atomic mass is 10.2. The number of esters is 1. The van der Waals surface area contributed by atoms with Crippen LogP contribution in [0.2, 0.25) is 0 Å². The third-order valence-corrected chi connectivity index (χ3v) is 5.50. The average Bonchev–Trinajstić information content (AvgIpc) is 3.27. The largest absolute Gasteiger partial charge is 0.457 e. The van der Waals surface area contributed by atoms with Gasteiger partial charge in [-0.15, -0.1) is 11.3 Å². The van der Waals surface area contributed by atoms with E-state index in [0.29, 0.717) is 16.6 Å². The molecule has 4 aromatic rings. The maximum atomic E-state index is 12.4. The molecule has 0 aliphatic carbocycles. The van der Waals surface area contributed by atoms with E-state index in [9.17, 15) is 9.59 Å². The summed E-state index contributed by atoms with van der Waals surface area (Å²) in [6.45, 7) is -0.422. The molecule has 0 bridgehead atoms. The van der Waals surface area contributed by atoms with Crippen LogP contribution in [0.15, 0.2) is 88.7 Å². The molecular formula is C24H17BrN2O4S.